The van der Waals surface area contributed by atoms with Gasteiger partial charge in [0, 0.05) is 6.20 Å². The van der Waals surface area contributed by atoms with Gasteiger partial charge in [-0.3, -0.25) is 0 Å². The van der Waals surface area contributed by atoms with Crippen LogP contribution in [0.2, 0.25) is 0 Å². The van der Waals surface area contributed by atoms with Crippen LogP contribution < -0.4 is 5.73 Å². The Bertz CT molecular complexity index is 350. The second-order valence-electron chi connectivity index (χ2n) is 3.31. The van der Waals surface area contributed by atoms with Crippen molar-refractivity contribution >= 4 is 5.97 Å². The van der Waals surface area contributed by atoms with Gasteiger partial charge in [0.25, 0.3) is 0 Å². The Morgan fingerprint density at radius 3 is 2.86 bits per heavy atom. The number of pyridine rings is 1. The van der Waals surface area contributed by atoms with Crippen LogP contribution in [0.3, 0.4) is 0 Å². The molecule has 0 radical (unpaired) electrons. The van der Waals surface area contributed by atoms with Gasteiger partial charge in [-0.15, -0.1) is 0 Å². The number of aromatic carboxylic acids is 1. The van der Waals surface area contributed by atoms with Crippen LogP contribution in [-0.4, -0.2) is 27.8 Å². The van der Waals surface area contributed by atoms with Crippen LogP contribution in [0.15, 0.2) is 18.3 Å². The third-order valence-corrected chi connectivity index (χ3v) is 1.97. The van der Waals surface area contributed by atoms with E-state index in [4.69, 9.17) is 15.9 Å². The van der Waals surface area contributed by atoms with E-state index in [1.165, 1.54) is 12.3 Å². The minimum Gasteiger partial charge on any atom is -0.477 e. The summed E-state index contributed by atoms with van der Waals surface area (Å²) >= 11 is 0. The van der Waals surface area contributed by atoms with Gasteiger partial charge in [-0.25, -0.2) is 9.78 Å². The fourth-order valence-corrected chi connectivity index (χ4v) is 0.994. The fourth-order valence-electron chi connectivity index (χ4n) is 0.994. The number of carboxylic acids is 1. The molecule has 1 rings (SSSR count). The first-order valence-electron chi connectivity index (χ1n) is 4.07. The summed E-state index contributed by atoms with van der Waals surface area (Å²) in [5, 5.41) is 17.7. The molecule has 0 fully saturated rings. The van der Waals surface area contributed by atoms with Gasteiger partial charge in [0.15, 0.2) is 0 Å². The van der Waals surface area contributed by atoms with Crippen LogP contribution in [0.5, 0.6) is 0 Å². The SMILES string of the molecule is C[C@@](N)(CO)c1ccnc(C(=O)O)c1. The molecule has 4 N–H and O–H groups in total. The summed E-state index contributed by atoms with van der Waals surface area (Å²) in [6, 6.07) is 2.95. The summed E-state index contributed by atoms with van der Waals surface area (Å²) in [5.74, 6) is -1.11. The average molecular weight is 196 g/mol. The van der Waals surface area contributed by atoms with Crippen molar-refractivity contribution < 1.29 is 15.0 Å². The number of aliphatic hydroxyl groups excluding tert-OH is 1. The second kappa shape index (κ2) is 3.73. The normalized spacial score (nSPS) is 14.8. The maximum atomic E-state index is 10.6. The lowest BCUT2D eigenvalue weighted by Gasteiger charge is -2.22. The van der Waals surface area contributed by atoms with Gasteiger partial charge in [0.05, 0.1) is 12.1 Å². The number of aromatic nitrogens is 1. The summed E-state index contributed by atoms with van der Waals surface area (Å²) < 4.78 is 0. The Hall–Kier alpha value is -1.46. The minimum atomic E-state index is -1.11. The fraction of sp³-hybridized carbons (Fsp3) is 0.333. The van der Waals surface area contributed by atoms with Crippen molar-refractivity contribution in [1.29, 1.82) is 0 Å². The summed E-state index contributed by atoms with van der Waals surface area (Å²) in [7, 11) is 0. The Balaban J connectivity index is 3.12. The number of hydrogen-bond acceptors (Lipinski definition) is 4. The maximum Gasteiger partial charge on any atom is 0.354 e. The van der Waals surface area contributed by atoms with Gasteiger partial charge in [-0.2, -0.15) is 0 Å². The van der Waals surface area contributed by atoms with E-state index in [2.05, 4.69) is 4.98 Å². The lowest BCUT2D eigenvalue weighted by Crippen LogP contribution is -2.37. The quantitative estimate of drug-likeness (QED) is 0.629. The molecular weight excluding hydrogens is 184 g/mol. The highest BCUT2D eigenvalue weighted by atomic mass is 16.4. The third kappa shape index (κ3) is 2.07. The Labute approximate surface area is 81.2 Å². The number of nitrogens with zero attached hydrogens (tertiary/aromatic N) is 1. The molecular formula is C9H12N2O3. The van der Waals surface area contributed by atoms with Crippen molar-refractivity contribution in [2.45, 2.75) is 12.5 Å². The van der Waals surface area contributed by atoms with Gasteiger partial charge in [-0.05, 0) is 24.6 Å². The average Bonchev–Trinajstić information content (AvgIpc) is 2.18. The van der Waals surface area contributed by atoms with Crippen molar-refractivity contribution in [1.82, 2.24) is 4.98 Å². The summed E-state index contributed by atoms with van der Waals surface area (Å²) in [4.78, 5) is 14.3. The van der Waals surface area contributed by atoms with E-state index in [-0.39, 0.29) is 12.3 Å². The molecule has 0 bridgehead atoms. The lowest BCUT2D eigenvalue weighted by molar-refractivity contribution is 0.0690. The summed E-state index contributed by atoms with van der Waals surface area (Å²) in [6.45, 7) is 1.37. The van der Waals surface area contributed by atoms with Crippen LogP contribution >= 0.6 is 0 Å². The first-order valence-corrected chi connectivity index (χ1v) is 4.07. The van der Waals surface area contributed by atoms with E-state index in [1.807, 2.05) is 0 Å². The lowest BCUT2D eigenvalue weighted by atomic mass is 9.94. The van der Waals surface area contributed by atoms with E-state index in [9.17, 15) is 4.79 Å². The molecule has 0 aliphatic heterocycles. The molecule has 14 heavy (non-hydrogen) atoms. The molecule has 1 heterocycles. The number of carboxylic acid groups (broad SMARTS) is 1. The molecule has 0 amide bonds. The van der Waals surface area contributed by atoms with Gasteiger partial charge < -0.3 is 15.9 Å². The first-order chi connectivity index (χ1) is 6.47. The van der Waals surface area contributed by atoms with Gasteiger partial charge in [0.2, 0.25) is 0 Å². The number of aliphatic hydroxyl groups is 1. The van der Waals surface area contributed by atoms with Crippen molar-refractivity contribution in [3.05, 3.63) is 29.6 Å². The standard InChI is InChI=1S/C9H12N2O3/c1-9(10,5-12)6-2-3-11-7(4-6)8(13)14/h2-4,12H,5,10H2,1H3,(H,13,14)/t9-/m1/s1. The number of nitrogens with two attached hydrogens (primary N) is 1. The number of rotatable bonds is 3. The zero-order valence-electron chi connectivity index (χ0n) is 7.77. The smallest absolute Gasteiger partial charge is 0.354 e. The molecule has 76 valence electrons. The second-order valence-corrected chi connectivity index (χ2v) is 3.31. The highest BCUT2D eigenvalue weighted by molar-refractivity contribution is 5.85. The Morgan fingerprint density at radius 2 is 2.36 bits per heavy atom. The first kappa shape index (κ1) is 10.6. The van der Waals surface area contributed by atoms with E-state index < -0.39 is 11.5 Å². The number of hydrogen-bond donors (Lipinski definition) is 3. The number of carbonyl (C=O) groups is 1. The molecule has 0 aliphatic carbocycles. The monoisotopic (exact) mass is 196 g/mol. The molecule has 0 spiro atoms. The molecule has 1 aromatic heterocycles. The van der Waals surface area contributed by atoms with Crippen molar-refractivity contribution in [3.8, 4) is 0 Å². The van der Waals surface area contributed by atoms with Crippen LogP contribution in [0.25, 0.3) is 0 Å². The van der Waals surface area contributed by atoms with Crippen LogP contribution in [-0.2, 0) is 5.54 Å². The molecule has 0 saturated carbocycles. The Kier molecular flexibility index (Phi) is 2.83. The molecule has 0 saturated heterocycles. The van der Waals surface area contributed by atoms with E-state index >= 15 is 0 Å². The minimum absolute atomic E-state index is 0.0763. The topological polar surface area (TPSA) is 96.4 Å². The van der Waals surface area contributed by atoms with E-state index in [0.29, 0.717) is 5.56 Å². The molecule has 5 nitrogen and oxygen atoms in total. The van der Waals surface area contributed by atoms with Gasteiger partial charge in [0.1, 0.15) is 5.69 Å². The molecule has 0 unspecified atom stereocenters. The van der Waals surface area contributed by atoms with Crippen molar-refractivity contribution in [2.75, 3.05) is 6.61 Å². The Morgan fingerprint density at radius 1 is 1.71 bits per heavy atom. The van der Waals surface area contributed by atoms with Crippen molar-refractivity contribution in [3.63, 3.8) is 0 Å². The zero-order chi connectivity index (χ0) is 10.8. The van der Waals surface area contributed by atoms with Gasteiger partial charge >= 0.3 is 5.97 Å². The van der Waals surface area contributed by atoms with E-state index in [1.54, 1.807) is 13.0 Å². The molecule has 0 aliphatic rings. The third-order valence-electron chi connectivity index (χ3n) is 1.97. The maximum absolute atomic E-state index is 10.6. The van der Waals surface area contributed by atoms with Crippen LogP contribution in [0, 0.1) is 0 Å². The van der Waals surface area contributed by atoms with Crippen LogP contribution in [0.1, 0.15) is 23.0 Å². The predicted octanol–water partition coefficient (Wildman–Crippen LogP) is -0.0540. The largest absolute Gasteiger partial charge is 0.477 e. The molecule has 0 aromatic carbocycles. The van der Waals surface area contributed by atoms with Gasteiger partial charge in [-0.1, -0.05) is 0 Å². The highest BCUT2D eigenvalue weighted by Crippen LogP contribution is 2.16. The summed E-state index contributed by atoms with van der Waals surface area (Å²) in [6.07, 6.45) is 1.36. The van der Waals surface area contributed by atoms with Crippen molar-refractivity contribution in [2.24, 2.45) is 5.73 Å². The van der Waals surface area contributed by atoms with Crippen LogP contribution in [0.4, 0.5) is 0 Å². The summed E-state index contributed by atoms with van der Waals surface area (Å²) in [5.41, 5.74) is 5.27. The molecule has 5 heteroatoms. The highest BCUT2D eigenvalue weighted by Gasteiger charge is 2.21. The zero-order valence-corrected chi connectivity index (χ0v) is 7.77. The predicted molar refractivity (Wildman–Crippen MR) is 49.8 cm³/mol. The molecule has 1 atom stereocenters. The molecule has 1 aromatic rings. The van der Waals surface area contributed by atoms with E-state index in [0.717, 1.165) is 0 Å².